The van der Waals surface area contributed by atoms with Gasteiger partial charge in [0.2, 0.25) is 0 Å². The van der Waals surface area contributed by atoms with E-state index in [9.17, 15) is 0 Å². The van der Waals surface area contributed by atoms with Gasteiger partial charge in [0.15, 0.2) is 0 Å². The SMILES string of the molecule is CCOC1CC(CN)(NCC(C(C)C)C(C)C)C1. The van der Waals surface area contributed by atoms with Crippen LogP contribution in [0.2, 0.25) is 0 Å². The fraction of sp³-hybridized carbons (Fsp3) is 1.00. The first-order chi connectivity index (χ1) is 8.44. The fourth-order valence-corrected chi connectivity index (χ4v) is 3.12. The van der Waals surface area contributed by atoms with E-state index in [2.05, 4.69) is 39.9 Å². The highest BCUT2D eigenvalue weighted by molar-refractivity contribution is 5.03. The molecule has 0 bridgehead atoms. The first-order valence-corrected chi connectivity index (χ1v) is 7.50. The molecular weight excluding hydrogens is 224 g/mol. The first-order valence-electron chi connectivity index (χ1n) is 7.50. The minimum absolute atomic E-state index is 0.141. The summed E-state index contributed by atoms with van der Waals surface area (Å²) in [4.78, 5) is 0. The molecule has 108 valence electrons. The molecular formula is C15H32N2O. The van der Waals surface area contributed by atoms with Crippen molar-refractivity contribution < 1.29 is 4.74 Å². The Morgan fingerprint density at radius 1 is 1.22 bits per heavy atom. The predicted octanol–water partition coefficient (Wildman–Crippen LogP) is 2.40. The molecule has 1 rings (SSSR count). The van der Waals surface area contributed by atoms with E-state index in [0.29, 0.717) is 6.10 Å². The van der Waals surface area contributed by atoms with Crippen LogP contribution in [0.5, 0.6) is 0 Å². The second kappa shape index (κ2) is 6.88. The van der Waals surface area contributed by atoms with Gasteiger partial charge in [0.25, 0.3) is 0 Å². The number of rotatable bonds is 8. The Bertz CT molecular complexity index is 227. The Kier molecular flexibility index (Phi) is 6.09. The summed E-state index contributed by atoms with van der Waals surface area (Å²) in [5.74, 6) is 2.16. The van der Waals surface area contributed by atoms with Crippen LogP contribution in [0, 0.1) is 17.8 Å². The Balaban J connectivity index is 2.41. The van der Waals surface area contributed by atoms with Crippen molar-refractivity contribution in [3.8, 4) is 0 Å². The topological polar surface area (TPSA) is 47.3 Å². The molecule has 0 unspecified atom stereocenters. The van der Waals surface area contributed by atoms with Gasteiger partial charge in [0, 0.05) is 18.7 Å². The fourth-order valence-electron chi connectivity index (χ4n) is 3.12. The van der Waals surface area contributed by atoms with Crippen LogP contribution in [0.15, 0.2) is 0 Å². The van der Waals surface area contributed by atoms with Crippen LogP contribution in [-0.4, -0.2) is 31.3 Å². The Morgan fingerprint density at radius 3 is 2.17 bits per heavy atom. The summed E-state index contributed by atoms with van der Waals surface area (Å²) >= 11 is 0. The molecule has 0 radical (unpaired) electrons. The minimum Gasteiger partial charge on any atom is -0.378 e. The van der Waals surface area contributed by atoms with Crippen LogP contribution in [0.25, 0.3) is 0 Å². The van der Waals surface area contributed by atoms with Gasteiger partial charge < -0.3 is 15.8 Å². The van der Waals surface area contributed by atoms with Gasteiger partial charge in [-0.3, -0.25) is 0 Å². The normalized spacial score (nSPS) is 28.2. The third kappa shape index (κ3) is 3.94. The zero-order valence-corrected chi connectivity index (χ0v) is 12.8. The number of hydrogen-bond donors (Lipinski definition) is 2. The Morgan fingerprint density at radius 2 is 1.78 bits per heavy atom. The quantitative estimate of drug-likeness (QED) is 0.701. The summed E-state index contributed by atoms with van der Waals surface area (Å²) in [6, 6.07) is 0. The summed E-state index contributed by atoms with van der Waals surface area (Å²) in [5.41, 5.74) is 6.09. The lowest BCUT2D eigenvalue weighted by Gasteiger charge is -2.48. The highest BCUT2D eigenvalue weighted by Crippen LogP contribution is 2.34. The smallest absolute Gasteiger partial charge is 0.0611 e. The molecule has 3 N–H and O–H groups in total. The number of nitrogens with one attached hydrogen (secondary N) is 1. The highest BCUT2D eigenvalue weighted by atomic mass is 16.5. The van der Waals surface area contributed by atoms with E-state index in [-0.39, 0.29) is 5.54 Å². The summed E-state index contributed by atoms with van der Waals surface area (Å²) < 4.78 is 5.64. The summed E-state index contributed by atoms with van der Waals surface area (Å²) in [7, 11) is 0. The molecule has 18 heavy (non-hydrogen) atoms. The second-order valence-electron chi connectivity index (χ2n) is 6.50. The van der Waals surface area contributed by atoms with Gasteiger partial charge in [-0.1, -0.05) is 27.7 Å². The summed E-state index contributed by atoms with van der Waals surface area (Å²) in [6.45, 7) is 13.9. The summed E-state index contributed by atoms with van der Waals surface area (Å²) in [6.07, 6.45) is 2.56. The van der Waals surface area contributed by atoms with Gasteiger partial charge in [-0.25, -0.2) is 0 Å². The molecule has 0 amide bonds. The van der Waals surface area contributed by atoms with Gasteiger partial charge in [-0.2, -0.15) is 0 Å². The maximum Gasteiger partial charge on any atom is 0.0611 e. The van der Waals surface area contributed by atoms with Crippen molar-refractivity contribution in [2.45, 2.75) is 59.1 Å². The van der Waals surface area contributed by atoms with Crippen molar-refractivity contribution in [3.63, 3.8) is 0 Å². The Labute approximate surface area is 113 Å². The third-order valence-electron chi connectivity index (χ3n) is 4.46. The highest BCUT2D eigenvalue weighted by Gasteiger charge is 2.43. The van der Waals surface area contributed by atoms with Crippen molar-refractivity contribution in [1.29, 1.82) is 0 Å². The zero-order chi connectivity index (χ0) is 13.8. The van der Waals surface area contributed by atoms with Crippen molar-refractivity contribution in [3.05, 3.63) is 0 Å². The standard InChI is InChI=1S/C15H32N2O/c1-6-18-13-7-15(8-13,10-16)17-9-14(11(2)3)12(4)5/h11-14,17H,6-10,16H2,1-5H3. The van der Waals surface area contributed by atoms with Crippen molar-refractivity contribution in [1.82, 2.24) is 5.32 Å². The van der Waals surface area contributed by atoms with Gasteiger partial charge >= 0.3 is 0 Å². The largest absolute Gasteiger partial charge is 0.378 e. The van der Waals surface area contributed by atoms with E-state index in [0.717, 1.165) is 50.3 Å². The maximum absolute atomic E-state index is 5.95. The van der Waals surface area contributed by atoms with Crippen LogP contribution in [0.1, 0.15) is 47.5 Å². The molecule has 1 saturated carbocycles. The average Bonchev–Trinajstić information content (AvgIpc) is 2.24. The minimum atomic E-state index is 0.141. The van der Waals surface area contributed by atoms with E-state index < -0.39 is 0 Å². The number of ether oxygens (including phenoxy) is 1. The zero-order valence-electron chi connectivity index (χ0n) is 12.8. The van der Waals surface area contributed by atoms with Crippen LogP contribution < -0.4 is 11.1 Å². The Hall–Kier alpha value is -0.120. The lowest BCUT2D eigenvalue weighted by atomic mass is 9.73. The van der Waals surface area contributed by atoms with Crippen LogP contribution >= 0.6 is 0 Å². The number of hydrogen-bond acceptors (Lipinski definition) is 3. The molecule has 0 aromatic rings. The van der Waals surface area contributed by atoms with Crippen molar-refractivity contribution in [2.75, 3.05) is 19.7 Å². The van der Waals surface area contributed by atoms with Crippen LogP contribution in [0.4, 0.5) is 0 Å². The van der Waals surface area contributed by atoms with Crippen molar-refractivity contribution in [2.24, 2.45) is 23.5 Å². The molecule has 1 aliphatic rings. The average molecular weight is 256 g/mol. The van der Waals surface area contributed by atoms with Gasteiger partial charge in [-0.05, 0) is 44.1 Å². The molecule has 0 aromatic heterocycles. The molecule has 0 spiro atoms. The number of nitrogens with two attached hydrogens (primary N) is 1. The van der Waals surface area contributed by atoms with E-state index in [1.54, 1.807) is 0 Å². The van der Waals surface area contributed by atoms with Gasteiger partial charge in [-0.15, -0.1) is 0 Å². The first kappa shape index (κ1) is 15.9. The molecule has 1 fully saturated rings. The third-order valence-corrected chi connectivity index (χ3v) is 4.46. The van der Waals surface area contributed by atoms with E-state index in [1.165, 1.54) is 0 Å². The lowest BCUT2D eigenvalue weighted by molar-refractivity contribution is -0.0496. The van der Waals surface area contributed by atoms with Crippen LogP contribution in [-0.2, 0) is 4.74 Å². The van der Waals surface area contributed by atoms with Crippen molar-refractivity contribution >= 4 is 0 Å². The molecule has 1 aliphatic carbocycles. The van der Waals surface area contributed by atoms with Crippen LogP contribution in [0.3, 0.4) is 0 Å². The van der Waals surface area contributed by atoms with E-state index >= 15 is 0 Å². The summed E-state index contributed by atoms with van der Waals surface area (Å²) in [5, 5.41) is 3.73. The van der Waals surface area contributed by atoms with E-state index in [1.807, 2.05) is 0 Å². The lowest BCUT2D eigenvalue weighted by Crippen LogP contribution is -2.63. The van der Waals surface area contributed by atoms with Gasteiger partial charge in [0.1, 0.15) is 0 Å². The molecule has 0 atom stereocenters. The molecule has 3 nitrogen and oxygen atoms in total. The molecule has 0 aromatic carbocycles. The molecule has 0 aliphatic heterocycles. The monoisotopic (exact) mass is 256 g/mol. The molecule has 0 saturated heterocycles. The molecule has 3 heteroatoms. The second-order valence-corrected chi connectivity index (χ2v) is 6.50. The molecule has 0 heterocycles. The predicted molar refractivity (Wildman–Crippen MR) is 77.6 cm³/mol. The van der Waals surface area contributed by atoms with E-state index in [4.69, 9.17) is 10.5 Å². The van der Waals surface area contributed by atoms with Gasteiger partial charge in [0.05, 0.1) is 6.10 Å². The maximum atomic E-state index is 5.95.